The summed E-state index contributed by atoms with van der Waals surface area (Å²) in [6.45, 7) is 1.91. The van der Waals surface area contributed by atoms with Crippen LogP contribution in [0, 0.1) is 0 Å². The van der Waals surface area contributed by atoms with Gasteiger partial charge in [0.25, 0.3) is 5.91 Å². The molecule has 20 heavy (non-hydrogen) atoms. The number of carbonyl (C=O) groups excluding carboxylic acids is 1. The second-order valence-electron chi connectivity index (χ2n) is 4.02. The smallest absolute Gasteiger partial charge is 0.304 e. The van der Waals surface area contributed by atoms with Crippen molar-refractivity contribution in [3.63, 3.8) is 0 Å². The Balaban J connectivity index is 2.09. The third kappa shape index (κ3) is 3.14. The highest BCUT2D eigenvalue weighted by molar-refractivity contribution is 6.02. The van der Waals surface area contributed by atoms with E-state index in [4.69, 9.17) is 0 Å². The predicted molar refractivity (Wildman–Crippen MR) is 65.2 cm³/mol. The van der Waals surface area contributed by atoms with Crippen molar-refractivity contribution in [2.75, 3.05) is 5.32 Å². The molecule has 0 atom stereocenters. The molecule has 0 spiro atoms. The van der Waals surface area contributed by atoms with Gasteiger partial charge in [-0.1, -0.05) is 6.92 Å². The van der Waals surface area contributed by atoms with Crippen molar-refractivity contribution in [1.29, 1.82) is 0 Å². The molecule has 2 rings (SSSR count). The van der Waals surface area contributed by atoms with E-state index < -0.39 is 17.6 Å². The van der Waals surface area contributed by atoms with Gasteiger partial charge in [-0.25, -0.2) is 0 Å². The van der Waals surface area contributed by atoms with Crippen LogP contribution < -0.4 is 5.32 Å². The minimum absolute atomic E-state index is 0.112. The number of rotatable bonds is 3. The van der Waals surface area contributed by atoms with Crippen molar-refractivity contribution in [3.8, 4) is 0 Å². The van der Waals surface area contributed by atoms with Gasteiger partial charge in [0.2, 0.25) is 0 Å². The second-order valence-corrected chi connectivity index (χ2v) is 4.02. The number of aryl methyl sites for hydroxylation is 1. The number of anilines is 1. The third-order valence-electron chi connectivity index (χ3n) is 2.58. The van der Waals surface area contributed by atoms with Crippen molar-refractivity contribution in [1.82, 2.24) is 15.2 Å². The van der Waals surface area contributed by atoms with Crippen LogP contribution in [0.5, 0.6) is 0 Å². The zero-order valence-electron chi connectivity index (χ0n) is 10.5. The Hall–Kier alpha value is -2.38. The summed E-state index contributed by atoms with van der Waals surface area (Å²) in [6, 6.07) is 3.47. The molecule has 0 aromatic carbocycles. The first-order valence-corrected chi connectivity index (χ1v) is 5.79. The number of pyridine rings is 1. The van der Waals surface area contributed by atoms with Gasteiger partial charge in [-0.2, -0.15) is 18.3 Å². The molecule has 0 aliphatic rings. The van der Waals surface area contributed by atoms with Gasteiger partial charge in [-0.3, -0.25) is 14.9 Å². The summed E-state index contributed by atoms with van der Waals surface area (Å²) in [5.74, 6) is -0.318. The monoisotopic (exact) mass is 284 g/mol. The summed E-state index contributed by atoms with van der Waals surface area (Å²) in [7, 11) is 0. The zero-order valence-corrected chi connectivity index (χ0v) is 10.5. The Morgan fingerprint density at radius 2 is 2.15 bits per heavy atom. The molecule has 8 heteroatoms. The number of nitrogens with zero attached hydrogens (tertiary/aromatic N) is 2. The molecule has 0 aliphatic heterocycles. The maximum Gasteiger partial charge on any atom is 0.417 e. The first kappa shape index (κ1) is 14.0. The molecule has 2 heterocycles. The van der Waals surface area contributed by atoms with Gasteiger partial charge >= 0.3 is 6.18 Å². The molecule has 106 valence electrons. The van der Waals surface area contributed by atoms with E-state index in [1.807, 2.05) is 6.92 Å². The maximum atomic E-state index is 12.4. The van der Waals surface area contributed by atoms with Gasteiger partial charge in [0.15, 0.2) is 5.82 Å². The topological polar surface area (TPSA) is 70.7 Å². The van der Waals surface area contributed by atoms with Crippen LogP contribution in [-0.4, -0.2) is 21.1 Å². The number of aromatic amines is 1. The molecular formula is C12H11F3N4O. The predicted octanol–water partition coefficient (Wildman–Crippen LogP) is 2.64. The van der Waals surface area contributed by atoms with Gasteiger partial charge < -0.3 is 5.32 Å². The summed E-state index contributed by atoms with van der Waals surface area (Å²) in [6.07, 6.45) is -3.13. The molecule has 0 saturated heterocycles. The van der Waals surface area contributed by atoms with E-state index in [0.717, 1.165) is 24.2 Å². The number of aromatic nitrogens is 3. The molecule has 0 bridgehead atoms. The molecule has 0 unspecified atom stereocenters. The lowest BCUT2D eigenvalue weighted by atomic mass is 10.2. The fourth-order valence-electron chi connectivity index (χ4n) is 1.48. The lowest BCUT2D eigenvalue weighted by molar-refractivity contribution is -0.137. The number of amides is 1. The molecule has 2 aromatic heterocycles. The lowest BCUT2D eigenvalue weighted by Gasteiger charge is -2.06. The van der Waals surface area contributed by atoms with Crippen LogP contribution in [0.3, 0.4) is 0 Å². The van der Waals surface area contributed by atoms with E-state index in [-0.39, 0.29) is 5.69 Å². The summed E-state index contributed by atoms with van der Waals surface area (Å²) < 4.78 is 37.1. The van der Waals surface area contributed by atoms with Gasteiger partial charge in [0.05, 0.1) is 5.56 Å². The normalized spacial score (nSPS) is 11.4. The number of hydrogen-bond acceptors (Lipinski definition) is 3. The molecule has 5 nitrogen and oxygen atoms in total. The van der Waals surface area contributed by atoms with Crippen LogP contribution in [0.4, 0.5) is 19.0 Å². The van der Waals surface area contributed by atoms with Gasteiger partial charge in [-0.05, 0) is 18.6 Å². The van der Waals surface area contributed by atoms with Gasteiger partial charge in [0.1, 0.15) is 5.69 Å². The van der Waals surface area contributed by atoms with Crippen LogP contribution in [0.15, 0.2) is 24.4 Å². The summed E-state index contributed by atoms with van der Waals surface area (Å²) in [4.78, 5) is 15.3. The van der Waals surface area contributed by atoms with Crippen LogP contribution in [0.1, 0.15) is 28.7 Å². The number of hydrogen-bond donors (Lipinski definition) is 2. The molecule has 0 aliphatic carbocycles. The molecule has 0 saturated carbocycles. The van der Waals surface area contributed by atoms with Crippen LogP contribution in [0.2, 0.25) is 0 Å². The largest absolute Gasteiger partial charge is 0.417 e. The van der Waals surface area contributed by atoms with Crippen molar-refractivity contribution in [2.45, 2.75) is 19.5 Å². The van der Waals surface area contributed by atoms with Gasteiger partial charge in [-0.15, -0.1) is 0 Å². The van der Waals surface area contributed by atoms with E-state index >= 15 is 0 Å². The first-order valence-electron chi connectivity index (χ1n) is 5.79. The maximum absolute atomic E-state index is 12.4. The van der Waals surface area contributed by atoms with Gasteiger partial charge in [0, 0.05) is 18.0 Å². The SMILES string of the molecule is CCc1cc(NC(=O)c2ccc(C(F)(F)F)cn2)n[nH]1. The molecule has 0 radical (unpaired) electrons. The molecule has 1 amide bonds. The Morgan fingerprint density at radius 1 is 1.40 bits per heavy atom. The Bertz CT molecular complexity index is 604. The van der Waals surface area contributed by atoms with Crippen LogP contribution >= 0.6 is 0 Å². The van der Waals surface area contributed by atoms with Crippen LogP contribution in [-0.2, 0) is 12.6 Å². The quantitative estimate of drug-likeness (QED) is 0.910. The highest BCUT2D eigenvalue weighted by Crippen LogP contribution is 2.28. The second kappa shape index (κ2) is 5.32. The average molecular weight is 284 g/mol. The average Bonchev–Trinajstić information content (AvgIpc) is 2.85. The van der Waals surface area contributed by atoms with Crippen LogP contribution in [0.25, 0.3) is 0 Å². The summed E-state index contributed by atoms with van der Waals surface area (Å²) >= 11 is 0. The molecule has 2 aromatic rings. The fraction of sp³-hybridized carbons (Fsp3) is 0.250. The number of halogens is 3. The van der Waals surface area contributed by atoms with E-state index in [0.29, 0.717) is 12.0 Å². The zero-order chi connectivity index (χ0) is 14.8. The van der Waals surface area contributed by atoms with Crippen molar-refractivity contribution >= 4 is 11.7 Å². The first-order chi connectivity index (χ1) is 9.40. The van der Waals surface area contributed by atoms with Crippen molar-refractivity contribution < 1.29 is 18.0 Å². The van der Waals surface area contributed by atoms with E-state index in [9.17, 15) is 18.0 Å². The highest BCUT2D eigenvalue weighted by atomic mass is 19.4. The number of carbonyl (C=O) groups is 1. The van der Waals surface area contributed by atoms with Crippen molar-refractivity contribution in [2.24, 2.45) is 0 Å². The minimum Gasteiger partial charge on any atom is -0.304 e. The molecule has 0 fully saturated rings. The Kier molecular flexibility index (Phi) is 3.73. The Morgan fingerprint density at radius 3 is 2.65 bits per heavy atom. The number of alkyl halides is 3. The molecular weight excluding hydrogens is 273 g/mol. The number of nitrogens with one attached hydrogen (secondary N) is 2. The highest BCUT2D eigenvalue weighted by Gasteiger charge is 2.30. The number of H-pyrrole nitrogens is 1. The molecule has 2 N–H and O–H groups in total. The van der Waals surface area contributed by atoms with E-state index in [1.165, 1.54) is 0 Å². The lowest BCUT2D eigenvalue weighted by Crippen LogP contribution is -2.15. The fourth-order valence-corrected chi connectivity index (χ4v) is 1.48. The summed E-state index contributed by atoms with van der Waals surface area (Å²) in [5.41, 5.74) is -0.179. The Labute approximate surface area is 112 Å². The van der Waals surface area contributed by atoms with Crippen molar-refractivity contribution in [3.05, 3.63) is 41.3 Å². The standard InChI is InChI=1S/C12H11F3N4O/c1-2-8-5-10(19-18-8)17-11(20)9-4-3-7(6-16-9)12(13,14)15/h3-6H,2H2,1H3,(H2,17,18,19,20). The van der Waals surface area contributed by atoms with E-state index in [1.54, 1.807) is 6.07 Å². The third-order valence-corrected chi connectivity index (χ3v) is 2.58. The summed E-state index contributed by atoms with van der Waals surface area (Å²) in [5, 5.41) is 9.00. The van der Waals surface area contributed by atoms with E-state index in [2.05, 4.69) is 20.5 Å². The minimum atomic E-state index is -4.47.